The van der Waals surface area contributed by atoms with Crippen molar-refractivity contribution in [2.24, 2.45) is 0 Å². The highest BCUT2D eigenvalue weighted by Gasteiger charge is 2.14. The maximum absolute atomic E-state index is 12.1. The molecular weight excluding hydrogens is 299 g/mol. The predicted molar refractivity (Wildman–Crippen MR) is 77.9 cm³/mol. The molecule has 4 nitrogen and oxygen atoms in total. The van der Waals surface area contributed by atoms with Crippen LogP contribution in [-0.4, -0.2) is 17.5 Å². The summed E-state index contributed by atoms with van der Waals surface area (Å²) in [5.74, 6) is 0.591. The summed E-state index contributed by atoms with van der Waals surface area (Å²) in [7, 11) is 0. The van der Waals surface area contributed by atoms with Gasteiger partial charge in [-0.15, -0.1) is 0 Å². The van der Waals surface area contributed by atoms with Gasteiger partial charge in [0.05, 0.1) is 6.61 Å². The van der Waals surface area contributed by atoms with Gasteiger partial charge in [-0.2, -0.15) is 0 Å². The van der Waals surface area contributed by atoms with E-state index in [1.54, 1.807) is 6.07 Å². The van der Waals surface area contributed by atoms with Gasteiger partial charge >= 0.3 is 0 Å². The molecule has 102 valence electrons. The normalized spacial score (nSPS) is 12.7. The molecule has 0 atom stereocenters. The molecule has 0 aliphatic carbocycles. The molecule has 1 aromatic carbocycles. The number of aromatic nitrogens is 1. The van der Waals surface area contributed by atoms with Crippen LogP contribution in [0, 0.1) is 0 Å². The van der Waals surface area contributed by atoms with E-state index in [0.717, 1.165) is 17.7 Å². The van der Waals surface area contributed by atoms with Crippen LogP contribution in [0.5, 0.6) is 5.75 Å². The van der Waals surface area contributed by atoms with E-state index in [1.807, 2.05) is 12.1 Å². The van der Waals surface area contributed by atoms with Crippen LogP contribution in [-0.2, 0) is 6.42 Å². The number of nitrogens with zero attached hydrogens (tertiary/aromatic N) is 1. The summed E-state index contributed by atoms with van der Waals surface area (Å²) in [4.78, 5) is 15.9. The van der Waals surface area contributed by atoms with E-state index in [9.17, 15) is 4.79 Å². The first-order valence-corrected chi connectivity index (χ1v) is 6.77. The van der Waals surface area contributed by atoms with Crippen LogP contribution in [0.15, 0.2) is 30.3 Å². The van der Waals surface area contributed by atoms with Crippen LogP contribution in [0.4, 0.5) is 5.69 Å². The monoisotopic (exact) mass is 308 g/mol. The van der Waals surface area contributed by atoms with Crippen molar-refractivity contribution in [1.29, 1.82) is 0 Å². The molecule has 1 aromatic heterocycles. The first-order chi connectivity index (χ1) is 9.61. The van der Waals surface area contributed by atoms with E-state index in [4.69, 9.17) is 27.9 Å². The summed E-state index contributed by atoms with van der Waals surface area (Å²) in [6.45, 7) is 0.683. The van der Waals surface area contributed by atoms with Gasteiger partial charge in [-0.3, -0.25) is 4.79 Å². The van der Waals surface area contributed by atoms with Crippen molar-refractivity contribution in [3.63, 3.8) is 0 Å². The van der Waals surface area contributed by atoms with Crippen LogP contribution in [0.1, 0.15) is 15.9 Å². The second-order valence-corrected chi connectivity index (χ2v) is 5.15. The third kappa shape index (κ3) is 2.71. The number of ether oxygens (including phenoxy) is 1. The van der Waals surface area contributed by atoms with E-state index in [-0.39, 0.29) is 16.2 Å². The summed E-state index contributed by atoms with van der Waals surface area (Å²) in [6, 6.07) is 8.50. The molecule has 20 heavy (non-hydrogen) atoms. The van der Waals surface area contributed by atoms with Crippen LogP contribution in [0.25, 0.3) is 0 Å². The van der Waals surface area contributed by atoms with Crippen LogP contribution < -0.4 is 10.1 Å². The number of hydrogen-bond acceptors (Lipinski definition) is 3. The first kappa shape index (κ1) is 13.2. The second-order valence-electron chi connectivity index (χ2n) is 4.38. The molecule has 6 heteroatoms. The number of amides is 1. The maximum atomic E-state index is 12.1. The Morgan fingerprint density at radius 1 is 1.20 bits per heavy atom. The Morgan fingerprint density at radius 3 is 2.70 bits per heavy atom. The lowest BCUT2D eigenvalue weighted by Gasteiger charge is -2.07. The van der Waals surface area contributed by atoms with Crippen molar-refractivity contribution in [2.75, 3.05) is 11.9 Å². The quantitative estimate of drug-likeness (QED) is 0.863. The Morgan fingerprint density at radius 2 is 1.95 bits per heavy atom. The zero-order valence-electron chi connectivity index (χ0n) is 10.3. The van der Waals surface area contributed by atoms with Gasteiger partial charge in [-0.1, -0.05) is 23.2 Å². The lowest BCUT2D eigenvalue weighted by atomic mass is 10.1. The fraction of sp³-hybridized carbons (Fsp3) is 0.143. The minimum Gasteiger partial charge on any atom is -0.493 e. The minimum absolute atomic E-state index is 0.185. The number of carbonyl (C=O) groups excluding carboxylic acids is 1. The third-order valence-electron chi connectivity index (χ3n) is 2.97. The summed E-state index contributed by atoms with van der Waals surface area (Å²) in [6.07, 6.45) is 0.853. The molecule has 0 unspecified atom stereocenters. The number of halogens is 2. The van der Waals surface area contributed by atoms with Crippen LogP contribution in [0.2, 0.25) is 10.3 Å². The number of carbonyl (C=O) groups is 1. The van der Waals surface area contributed by atoms with Gasteiger partial charge in [0.2, 0.25) is 0 Å². The van der Waals surface area contributed by atoms with Gasteiger partial charge in [-0.25, -0.2) is 4.98 Å². The van der Waals surface area contributed by atoms with Crippen molar-refractivity contribution in [2.45, 2.75) is 6.42 Å². The molecule has 0 bridgehead atoms. The lowest BCUT2D eigenvalue weighted by Crippen LogP contribution is -2.12. The summed E-state index contributed by atoms with van der Waals surface area (Å²) in [5, 5.41) is 3.17. The van der Waals surface area contributed by atoms with E-state index in [1.165, 1.54) is 12.1 Å². The predicted octanol–water partition coefficient (Wildman–Crippen LogP) is 3.58. The Kier molecular flexibility index (Phi) is 3.51. The van der Waals surface area contributed by atoms with Gasteiger partial charge in [0.25, 0.3) is 5.91 Å². The molecule has 0 radical (unpaired) electrons. The summed E-state index contributed by atoms with van der Waals surface area (Å²) >= 11 is 11.6. The highest BCUT2D eigenvalue weighted by molar-refractivity contribution is 6.33. The second kappa shape index (κ2) is 5.31. The maximum Gasteiger partial charge on any atom is 0.255 e. The van der Waals surface area contributed by atoms with Crippen molar-refractivity contribution in [3.05, 3.63) is 51.8 Å². The lowest BCUT2D eigenvalue weighted by molar-refractivity contribution is 0.102. The average molecular weight is 309 g/mol. The minimum atomic E-state index is -0.282. The molecule has 0 saturated carbocycles. The van der Waals surface area contributed by atoms with E-state index in [2.05, 4.69) is 10.3 Å². The highest BCUT2D eigenvalue weighted by Crippen LogP contribution is 2.28. The largest absolute Gasteiger partial charge is 0.493 e. The van der Waals surface area contributed by atoms with Crippen molar-refractivity contribution in [3.8, 4) is 5.75 Å². The molecule has 2 heterocycles. The van der Waals surface area contributed by atoms with E-state index < -0.39 is 0 Å². The number of rotatable bonds is 2. The molecule has 0 fully saturated rings. The molecule has 1 amide bonds. The fourth-order valence-corrected chi connectivity index (χ4v) is 2.52. The molecule has 2 aromatic rings. The molecule has 0 saturated heterocycles. The number of benzene rings is 1. The molecule has 1 N–H and O–H groups in total. The molecule has 1 aliphatic heterocycles. The Hall–Kier alpha value is -1.78. The Bertz CT molecular complexity index is 669. The standard InChI is InChI=1S/C14H10Cl2N2O2/c15-12-6-9(7-13(16)18-12)14(19)17-10-1-2-11-8(5-10)3-4-20-11/h1-2,5-7H,3-4H2,(H,17,19). The van der Waals surface area contributed by atoms with Gasteiger partial charge in [-0.05, 0) is 35.9 Å². The van der Waals surface area contributed by atoms with Crippen molar-refractivity contribution in [1.82, 2.24) is 4.98 Å². The van der Waals surface area contributed by atoms with Crippen LogP contribution in [0.3, 0.4) is 0 Å². The van der Waals surface area contributed by atoms with Gasteiger partial charge < -0.3 is 10.1 Å². The molecule has 1 aliphatic rings. The molecule has 0 spiro atoms. The smallest absolute Gasteiger partial charge is 0.255 e. The Labute approximate surface area is 125 Å². The van der Waals surface area contributed by atoms with E-state index >= 15 is 0 Å². The van der Waals surface area contributed by atoms with E-state index in [0.29, 0.717) is 17.9 Å². The zero-order chi connectivity index (χ0) is 14.1. The van der Waals surface area contributed by atoms with Crippen molar-refractivity contribution >= 4 is 34.8 Å². The van der Waals surface area contributed by atoms with Gasteiger partial charge in [0.1, 0.15) is 16.1 Å². The van der Waals surface area contributed by atoms with Gasteiger partial charge in [0, 0.05) is 17.7 Å². The first-order valence-electron chi connectivity index (χ1n) is 6.02. The zero-order valence-corrected chi connectivity index (χ0v) is 11.8. The summed E-state index contributed by atoms with van der Waals surface area (Å²) in [5.41, 5.74) is 2.17. The fourth-order valence-electron chi connectivity index (χ4n) is 2.06. The van der Waals surface area contributed by atoms with Crippen LogP contribution >= 0.6 is 23.2 Å². The number of nitrogens with one attached hydrogen (secondary N) is 1. The number of anilines is 1. The third-order valence-corrected chi connectivity index (χ3v) is 3.36. The summed E-state index contributed by atoms with van der Waals surface area (Å²) < 4.78 is 5.42. The topological polar surface area (TPSA) is 51.2 Å². The average Bonchev–Trinajstić information content (AvgIpc) is 2.85. The number of pyridine rings is 1. The molecular formula is C14H10Cl2N2O2. The van der Waals surface area contributed by atoms with Crippen molar-refractivity contribution < 1.29 is 9.53 Å². The van der Waals surface area contributed by atoms with Gasteiger partial charge in [0.15, 0.2) is 0 Å². The SMILES string of the molecule is O=C(Nc1ccc2c(c1)CCO2)c1cc(Cl)nc(Cl)c1. The Balaban J connectivity index is 1.82. The number of fused-ring (bicyclic) bond motifs is 1. The highest BCUT2D eigenvalue weighted by atomic mass is 35.5. The molecule has 3 rings (SSSR count). The number of hydrogen-bond donors (Lipinski definition) is 1.